The van der Waals surface area contributed by atoms with Gasteiger partial charge in [-0.05, 0) is 38.5 Å². The molecule has 0 unspecified atom stereocenters. The summed E-state index contributed by atoms with van der Waals surface area (Å²) in [7, 11) is 0. The molecule has 1 amide bonds. The van der Waals surface area contributed by atoms with E-state index in [1.807, 2.05) is 44.4 Å². The molecule has 1 N–H and O–H groups in total. The van der Waals surface area contributed by atoms with Gasteiger partial charge in [-0.3, -0.25) is 4.79 Å². The zero-order chi connectivity index (χ0) is 21.7. The highest BCUT2D eigenvalue weighted by molar-refractivity contribution is 7.98. The van der Waals surface area contributed by atoms with E-state index < -0.39 is 0 Å². The van der Waals surface area contributed by atoms with Gasteiger partial charge in [-0.1, -0.05) is 43.8 Å². The summed E-state index contributed by atoms with van der Waals surface area (Å²) in [5.41, 5.74) is 3.53. The van der Waals surface area contributed by atoms with Crippen LogP contribution in [0.2, 0.25) is 0 Å². The fraction of sp³-hybridized carbons (Fsp3) is 0.455. The molecule has 0 saturated heterocycles. The number of thioether (sulfide) groups is 1. The van der Waals surface area contributed by atoms with Crippen molar-refractivity contribution in [2.45, 2.75) is 52.2 Å². The van der Waals surface area contributed by atoms with Gasteiger partial charge in [-0.15, -0.1) is 5.10 Å². The second-order valence-corrected chi connectivity index (χ2v) is 8.44. The zero-order valence-corrected chi connectivity index (χ0v) is 19.0. The molecule has 30 heavy (non-hydrogen) atoms. The largest absolute Gasteiger partial charge is 0.493 e. The van der Waals surface area contributed by atoms with Crippen LogP contribution in [0.5, 0.6) is 5.75 Å². The second-order valence-electron chi connectivity index (χ2n) is 7.66. The number of hydrogen-bond donors (Lipinski definition) is 1. The lowest BCUT2D eigenvalue weighted by molar-refractivity contribution is -0.120. The minimum absolute atomic E-state index is 0.0652. The number of ether oxygens (including phenoxy) is 1. The number of para-hydroxylation sites is 1. The standard InChI is InChI=1S/C22H29N5O2S/c1-14(2)10-11-29-19-9-7-6-8-17(19)13-23-20(28)12-18-15(3)24-21-25-22(30-5)26-27(21)16(18)4/h6-9,14H,10-13H2,1-5H3,(H,23,28). The number of aromatic nitrogens is 4. The summed E-state index contributed by atoms with van der Waals surface area (Å²) in [5, 5.41) is 8.12. The van der Waals surface area contributed by atoms with Gasteiger partial charge >= 0.3 is 0 Å². The third-order valence-electron chi connectivity index (χ3n) is 4.95. The monoisotopic (exact) mass is 427 g/mol. The van der Waals surface area contributed by atoms with Crippen LogP contribution in [0.1, 0.15) is 42.8 Å². The third-order valence-corrected chi connectivity index (χ3v) is 5.49. The lowest BCUT2D eigenvalue weighted by Gasteiger charge is -2.14. The average Bonchev–Trinajstić information content (AvgIpc) is 3.13. The summed E-state index contributed by atoms with van der Waals surface area (Å²) in [4.78, 5) is 21.6. The first-order valence-electron chi connectivity index (χ1n) is 10.1. The van der Waals surface area contributed by atoms with Gasteiger partial charge in [0.1, 0.15) is 5.75 Å². The maximum absolute atomic E-state index is 12.7. The first-order chi connectivity index (χ1) is 14.4. The van der Waals surface area contributed by atoms with Crippen molar-refractivity contribution >= 4 is 23.4 Å². The molecular formula is C22H29N5O2S. The number of aryl methyl sites for hydroxylation is 2. The summed E-state index contributed by atoms with van der Waals surface area (Å²) in [6.07, 6.45) is 3.16. The zero-order valence-electron chi connectivity index (χ0n) is 18.2. The Morgan fingerprint density at radius 2 is 2.00 bits per heavy atom. The third kappa shape index (κ3) is 5.30. The topological polar surface area (TPSA) is 81.4 Å². The first kappa shape index (κ1) is 22.1. The van der Waals surface area contributed by atoms with Crippen LogP contribution in [-0.2, 0) is 17.8 Å². The Labute approximate surface area is 181 Å². The van der Waals surface area contributed by atoms with Crippen LogP contribution in [0.25, 0.3) is 5.78 Å². The Bertz CT molecular complexity index is 1030. The van der Waals surface area contributed by atoms with Gasteiger partial charge in [0.05, 0.1) is 13.0 Å². The van der Waals surface area contributed by atoms with Gasteiger partial charge in [0, 0.05) is 29.1 Å². The Morgan fingerprint density at radius 3 is 2.73 bits per heavy atom. The molecule has 3 aromatic rings. The lowest BCUT2D eigenvalue weighted by Crippen LogP contribution is -2.26. The fourth-order valence-corrected chi connectivity index (χ4v) is 3.48. The highest BCUT2D eigenvalue weighted by Crippen LogP contribution is 2.20. The molecule has 8 heteroatoms. The molecule has 2 heterocycles. The molecular weight excluding hydrogens is 398 g/mol. The number of hydrogen-bond acceptors (Lipinski definition) is 6. The summed E-state index contributed by atoms with van der Waals surface area (Å²) < 4.78 is 7.62. The summed E-state index contributed by atoms with van der Waals surface area (Å²) in [5.74, 6) is 1.91. The van der Waals surface area contributed by atoms with E-state index in [1.54, 1.807) is 4.52 Å². The van der Waals surface area contributed by atoms with E-state index in [2.05, 4.69) is 34.2 Å². The van der Waals surface area contributed by atoms with Gasteiger partial charge in [0.2, 0.25) is 11.1 Å². The molecule has 0 aliphatic heterocycles. The van der Waals surface area contributed by atoms with Crippen molar-refractivity contribution in [2.24, 2.45) is 5.92 Å². The van der Waals surface area contributed by atoms with Crippen LogP contribution in [0.3, 0.4) is 0 Å². The molecule has 7 nitrogen and oxygen atoms in total. The highest BCUT2D eigenvalue weighted by Gasteiger charge is 2.16. The van der Waals surface area contributed by atoms with Crippen LogP contribution in [0.4, 0.5) is 0 Å². The van der Waals surface area contributed by atoms with Crippen molar-refractivity contribution in [1.82, 2.24) is 24.9 Å². The van der Waals surface area contributed by atoms with E-state index in [1.165, 1.54) is 11.8 Å². The molecule has 1 aromatic carbocycles. The fourth-order valence-electron chi connectivity index (χ4n) is 3.14. The van der Waals surface area contributed by atoms with Crippen molar-refractivity contribution in [3.8, 4) is 5.75 Å². The number of rotatable bonds is 9. The van der Waals surface area contributed by atoms with E-state index in [-0.39, 0.29) is 12.3 Å². The number of amides is 1. The lowest BCUT2D eigenvalue weighted by atomic mass is 10.1. The molecule has 0 saturated carbocycles. The molecule has 0 radical (unpaired) electrons. The van der Waals surface area contributed by atoms with Crippen LogP contribution in [-0.4, -0.2) is 38.4 Å². The summed E-state index contributed by atoms with van der Waals surface area (Å²) in [6, 6.07) is 7.83. The minimum Gasteiger partial charge on any atom is -0.493 e. The van der Waals surface area contributed by atoms with E-state index in [0.717, 1.165) is 34.7 Å². The van der Waals surface area contributed by atoms with E-state index in [0.29, 0.717) is 30.0 Å². The normalized spacial score (nSPS) is 11.3. The Balaban J connectivity index is 1.67. The molecule has 2 aromatic heterocycles. The molecule has 160 valence electrons. The van der Waals surface area contributed by atoms with Gasteiger partial charge in [0.15, 0.2) is 0 Å². The van der Waals surface area contributed by atoms with Crippen LogP contribution in [0, 0.1) is 19.8 Å². The molecule has 0 atom stereocenters. The van der Waals surface area contributed by atoms with Gasteiger partial charge in [0.25, 0.3) is 5.78 Å². The number of nitrogens with zero attached hydrogens (tertiary/aromatic N) is 4. The summed E-state index contributed by atoms with van der Waals surface area (Å²) in [6.45, 7) is 9.29. The smallest absolute Gasteiger partial charge is 0.253 e. The Kier molecular flexibility index (Phi) is 7.31. The van der Waals surface area contributed by atoms with E-state index >= 15 is 0 Å². The van der Waals surface area contributed by atoms with Crippen molar-refractivity contribution in [3.05, 3.63) is 46.8 Å². The van der Waals surface area contributed by atoms with E-state index in [4.69, 9.17) is 4.74 Å². The Hall–Kier alpha value is -2.61. The predicted octanol–water partition coefficient (Wildman–Crippen LogP) is 3.75. The van der Waals surface area contributed by atoms with Gasteiger partial charge in [-0.25, -0.2) is 9.50 Å². The number of benzene rings is 1. The summed E-state index contributed by atoms with van der Waals surface area (Å²) >= 11 is 1.47. The molecule has 3 rings (SSSR count). The number of nitrogens with one attached hydrogen (secondary N) is 1. The molecule has 0 bridgehead atoms. The van der Waals surface area contributed by atoms with Crippen molar-refractivity contribution in [3.63, 3.8) is 0 Å². The SMILES string of the molecule is CSc1nc2nc(C)c(CC(=O)NCc3ccccc3OCCC(C)C)c(C)n2n1. The van der Waals surface area contributed by atoms with Crippen molar-refractivity contribution in [2.75, 3.05) is 12.9 Å². The maximum atomic E-state index is 12.7. The highest BCUT2D eigenvalue weighted by atomic mass is 32.2. The molecule has 0 aliphatic carbocycles. The van der Waals surface area contributed by atoms with Crippen LogP contribution >= 0.6 is 11.8 Å². The number of fused-ring (bicyclic) bond motifs is 1. The Morgan fingerprint density at radius 1 is 1.23 bits per heavy atom. The van der Waals surface area contributed by atoms with Crippen LogP contribution in [0.15, 0.2) is 29.4 Å². The number of carbonyl (C=O) groups is 1. The van der Waals surface area contributed by atoms with Crippen molar-refractivity contribution < 1.29 is 9.53 Å². The van der Waals surface area contributed by atoms with Gasteiger partial charge in [-0.2, -0.15) is 4.98 Å². The quantitative estimate of drug-likeness (QED) is 0.524. The molecule has 0 aliphatic rings. The average molecular weight is 428 g/mol. The van der Waals surface area contributed by atoms with Gasteiger partial charge < -0.3 is 10.1 Å². The predicted molar refractivity (Wildman–Crippen MR) is 119 cm³/mol. The minimum atomic E-state index is -0.0652. The van der Waals surface area contributed by atoms with Crippen molar-refractivity contribution in [1.29, 1.82) is 0 Å². The molecule has 0 spiro atoms. The van der Waals surface area contributed by atoms with Crippen LogP contribution < -0.4 is 10.1 Å². The number of carbonyl (C=O) groups excluding carboxylic acids is 1. The molecule has 0 fully saturated rings. The second kappa shape index (κ2) is 9.93. The van der Waals surface area contributed by atoms with E-state index in [9.17, 15) is 4.79 Å². The maximum Gasteiger partial charge on any atom is 0.253 e. The first-order valence-corrected chi connectivity index (χ1v) is 11.4.